The average Bonchev–Trinajstić information content (AvgIpc) is 2.60. The number of fused-ring (bicyclic) bond motifs is 1. The van der Waals surface area contributed by atoms with E-state index in [4.69, 9.17) is 10.00 Å². The maximum absolute atomic E-state index is 8.67. The minimum absolute atomic E-state index is 0.819. The Bertz CT molecular complexity index is 471. The molecule has 15 heavy (non-hydrogen) atoms. The first-order chi connectivity index (χ1) is 7.26. The van der Waals surface area contributed by atoms with Gasteiger partial charge in [-0.3, -0.25) is 0 Å². The molecule has 0 amide bonds. The molecule has 0 N–H and O–H groups in total. The van der Waals surface area contributed by atoms with Crippen LogP contribution >= 0.6 is 15.9 Å². The van der Waals surface area contributed by atoms with E-state index in [1.807, 2.05) is 6.07 Å². The van der Waals surface area contributed by atoms with Crippen molar-refractivity contribution in [1.29, 1.82) is 5.26 Å². The first-order valence-electron chi connectivity index (χ1n) is 4.71. The van der Waals surface area contributed by atoms with Crippen molar-refractivity contribution < 1.29 is 4.74 Å². The lowest BCUT2D eigenvalue weighted by atomic mass is 10.1. The van der Waals surface area contributed by atoms with Crippen LogP contribution in [0.25, 0.3) is 5.57 Å². The van der Waals surface area contributed by atoms with Crippen LogP contribution in [0.4, 0.5) is 0 Å². The van der Waals surface area contributed by atoms with Crippen LogP contribution < -0.4 is 4.74 Å². The highest BCUT2D eigenvalue weighted by molar-refractivity contribution is 9.10. The maximum Gasteiger partial charge on any atom is 0.133 e. The fraction of sp³-hybridized carbons (Fsp3) is 0.250. The van der Waals surface area contributed by atoms with Gasteiger partial charge in [-0.2, -0.15) is 5.26 Å². The zero-order chi connectivity index (χ0) is 10.8. The van der Waals surface area contributed by atoms with Crippen molar-refractivity contribution >= 4 is 21.5 Å². The van der Waals surface area contributed by atoms with Crippen molar-refractivity contribution in [3.05, 3.63) is 33.8 Å². The van der Waals surface area contributed by atoms with Crippen LogP contribution in [0, 0.1) is 11.3 Å². The molecule has 0 saturated carbocycles. The van der Waals surface area contributed by atoms with Gasteiger partial charge >= 0.3 is 0 Å². The fourth-order valence-corrected chi connectivity index (χ4v) is 2.44. The number of hydrogen-bond acceptors (Lipinski definition) is 2. The molecule has 3 heteroatoms. The van der Waals surface area contributed by atoms with Crippen molar-refractivity contribution in [1.82, 2.24) is 0 Å². The predicted molar refractivity (Wildman–Crippen MR) is 62.6 cm³/mol. The Morgan fingerprint density at radius 3 is 2.93 bits per heavy atom. The van der Waals surface area contributed by atoms with E-state index in [0.29, 0.717) is 0 Å². The van der Waals surface area contributed by atoms with Crippen LogP contribution in [-0.4, -0.2) is 7.11 Å². The number of nitriles is 1. The summed E-state index contributed by atoms with van der Waals surface area (Å²) in [4.78, 5) is 0. The molecule has 2 rings (SSSR count). The third-order valence-corrected chi connectivity index (χ3v) is 3.25. The number of methoxy groups -OCH3 is 1. The first kappa shape index (κ1) is 10.3. The predicted octanol–water partition coefficient (Wildman–Crippen LogP) is 3.31. The van der Waals surface area contributed by atoms with Crippen LogP contribution in [0.2, 0.25) is 0 Å². The highest BCUT2D eigenvalue weighted by atomic mass is 79.9. The summed E-state index contributed by atoms with van der Waals surface area (Å²) in [6.45, 7) is 0. The Labute approximate surface area is 97.3 Å². The van der Waals surface area contributed by atoms with E-state index in [1.54, 1.807) is 13.2 Å². The third kappa shape index (κ3) is 1.78. The molecular formula is C12H10BrNO. The molecular weight excluding hydrogens is 254 g/mol. The second-order valence-corrected chi connectivity index (χ2v) is 4.30. The smallest absolute Gasteiger partial charge is 0.133 e. The number of halogens is 1. The molecule has 0 heterocycles. The van der Waals surface area contributed by atoms with Gasteiger partial charge in [-0.1, -0.05) is 0 Å². The van der Waals surface area contributed by atoms with Crippen molar-refractivity contribution in [3.8, 4) is 11.8 Å². The highest BCUT2D eigenvalue weighted by Gasteiger charge is 2.18. The molecule has 0 fully saturated rings. The standard InChI is InChI=1S/C12H10BrNO/c1-15-12-7-10-8(4-5-14)2-3-9(10)6-11(12)13/h4,6-7H,2-3H2,1H3/b8-4-. The summed E-state index contributed by atoms with van der Waals surface area (Å²) in [5, 5.41) is 8.67. The van der Waals surface area contributed by atoms with Crippen molar-refractivity contribution in [3.63, 3.8) is 0 Å². The molecule has 0 spiro atoms. The van der Waals surface area contributed by atoms with Gasteiger partial charge in [0, 0.05) is 6.08 Å². The van der Waals surface area contributed by atoms with Gasteiger partial charge in [0.05, 0.1) is 17.7 Å². The van der Waals surface area contributed by atoms with Gasteiger partial charge in [-0.05, 0) is 57.6 Å². The number of benzene rings is 1. The first-order valence-corrected chi connectivity index (χ1v) is 5.51. The lowest BCUT2D eigenvalue weighted by Gasteiger charge is -2.07. The molecule has 1 aliphatic carbocycles. The number of hydrogen-bond donors (Lipinski definition) is 0. The van der Waals surface area contributed by atoms with Gasteiger partial charge in [-0.15, -0.1) is 0 Å². The maximum atomic E-state index is 8.67. The van der Waals surface area contributed by atoms with E-state index < -0.39 is 0 Å². The summed E-state index contributed by atoms with van der Waals surface area (Å²) in [5.41, 5.74) is 3.54. The lowest BCUT2D eigenvalue weighted by Crippen LogP contribution is -1.88. The van der Waals surface area contributed by atoms with Gasteiger partial charge in [0.15, 0.2) is 0 Å². The van der Waals surface area contributed by atoms with Crippen molar-refractivity contribution in [2.75, 3.05) is 7.11 Å². The molecule has 1 aliphatic rings. The van der Waals surface area contributed by atoms with Gasteiger partial charge in [-0.25, -0.2) is 0 Å². The molecule has 2 nitrogen and oxygen atoms in total. The van der Waals surface area contributed by atoms with Gasteiger partial charge in [0.25, 0.3) is 0 Å². The van der Waals surface area contributed by atoms with Crippen LogP contribution in [0.5, 0.6) is 5.75 Å². The third-order valence-electron chi connectivity index (χ3n) is 2.63. The summed E-state index contributed by atoms with van der Waals surface area (Å²) in [6, 6.07) is 6.16. The van der Waals surface area contributed by atoms with E-state index in [-0.39, 0.29) is 0 Å². The molecule has 1 aromatic carbocycles. The highest BCUT2D eigenvalue weighted by Crippen LogP contribution is 2.38. The molecule has 0 aliphatic heterocycles. The Kier molecular flexibility index (Phi) is 2.79. The average molecular weight is 264 g/mol. The summed E-state index contributed by atoms with van der Waals surface area (Å²) in [6.07, 6.45) is 3.58. The summed E-state index contributed by atoms with van der Waals surface area (Å²) < 4.78 is 6.21. The van der Waals surface area contributed by atoms with Gasteiger partial charge < -0.3 is 4.74 Å². The zero-order valence-corrected chi connectivity index (χ0v) is 9.97. The van der Waals surface area contributed by atoms with Gasteiger partial charge in [0.1, 0.15) is 5.75 Å². The Hall–Kier alpha value is -1.27. The van der Waals surface area contributed by atoms with Gasteiger partial charge in [0.2, 0.25) is 0 Å². The van der Waals surface area contributed by atoms with Crippen LogP contribution in [-0.2, 0) is 6.42 Å². The van der Waals surface area contributed by atoms with E-state index in [1.165, 1.54) is 5.56 Å². The molecule has 0 aromatic heterocycles. The van der Waals surface area contributed by atoms with Crippen LogP contribution in [0.3, 0.4) is 0 Å². The number of ether oxygens (including phenoxy) is 1. The summed E-state index contributed by atoms with van der Waals surface area (Å²) >= 11 is 3.46. The normalized spacial score (nSPS) is 16.2. The topological polar surface area (TPSA) is 33.0 Å². The molecule has 0 unspecified atom stereocenters. The number of rotatable bonds is 1. The van der Waals surface area contributed by atoms with Crippen LogP contribution in [0.15, 0.2) is 22.7 Å². The fourth-order valence-electron chi connectivity index (χ4n) is 1.89. The molecule has 0 radical (unpaired) electrons. The summed E-state index contributed by atoms with van der Waals surface area (Å²) in [5.74, 6) is 0.819. The molecule has 0 atom stereocenters. The van der Waals surface area contributed by atoms with E-state index in [2.05, 4.69) is 28.1 Å². The molecule has 76 valence electrons. The molecule has 1 aromatic rings. The second-order valence-electron chi connectivity index (χ2n) is 3.44. The quantitative estimate of drug-likeness (QED) is 0.729. The minimum atomic E-state index is 0.819. The summed E-state index contributed by atoms with van der Waals surface area (Å²) in [7, 11) is 1.65. The van der Waals surface area contributed by atoms with Crippen molar-refractivity contribution in [2.24, 2.45) is 0 Å². The minimum Gasteiger partial charge on any atom is -0.496 e. The molecule has 0 bridgehead atoms. The van der Waals surface area contributed by atoms with Crippen molar-refractivity contribution in [2.45, 2.75) is 12.8 Å². The van der Waals surface area contributed by atoms with E-state index in [0.717, 1.165) is 34.2 Å². The van der Waals surface area contributed by atoms with E-state index in [9.17, 15) is 0 Å². The number of nitrogens with zero attached hydrogens (tertiary/aromatic N) is 1. The zero-order valence-electron chi connectivity index (χ0n) is 8.38. The Morgan fingerprint density at radius 1 is 1.47 bits per heavy atom. The number of aryl methyl sites for hydroxylation is 1. The number of allylic oxidation sites excluding steroid dienone is 2. The SMILES string of the molecule is COc1cc2c(cc1Br)CC/C2=C/C#N. The second kappa shape index (κ2) is 4.08. The Morgan fingerprint density at radius 2 is 2.27 bits per heavy atom. The van der Waals surface area contributed by atoms with Crippen LogP contribution in [0.1, 0.15) is 17.5 Å². The monoisotopic (exact) mass is 263 g/mol. The molecule has 0 saturated heterocycles. The Balaban J connectivity index is 2.55. The largest absolute Gasteiger partial charge is 0.496 e. The lowest BCUT2D eigenvalue weighted by molar-refractivity contribution is 0.412. The van der Waals surface area contributed by atoms with E-state index >= 15 is 0 Å².